The van der Waals surface area contributed by atoms with E-state index >= 15 is 0 Å². The molecule has 0 saturated carbocycles. The highest BCUT2D eigenvalue weighted by Gasteiger charge is 2.24. The number of rotatable bonds is 5. The summed E-state index contributed by atoms with van der Waals surface area (Å²) in [6, 6.07) is 25.9. The molecule has 0 aliphatic heterocycles. The summed E-state index contributed by atoms with van der Waals surface area (Å²) in [5.74, 6) is 0. The summed E-state index contributed by atoms with van der Waals surface area (Å²) in [5.41, 5.74) is 7.81. The topological polar surface area (TPSA) is 78.5 Å². The zero-order chi connectivity index (χ0) is 31.1. The fourth-order valence-corrected chi connectivity index (χ4v) is 6.94. The maximum absolute atomic E-state index is 13.4. The van der Waals surface area contributed by atoms with Crippen molar-refractivity contribution in [1.82, 2.24) is 13.7 Å². The summed E-state index contributed by atoms with van der Waals surface area (Å²) in [4.78, 5) is 28.9. The Kier molecular flexibility index (Phi) is 5.87. The fraction of sp³-hybridized carbons (Fsp3) is 0.189. The summed E-state index contributed by atoms with van der Waals surface area (Å²) >= 11 is 0. The monoisotopic (exact) mass is 596 g/mol. The van der Waals surface area contributed by atoms with Crippen molar-refractivity contribution in [3.05, 3.63) is 99.7 Å². The lowest BCUT2D eigenvalue weighted by atomic mass is 10.1. The molecule has 0 aliphatic rings. The van der Waals surface area contributed by atoms with Crippen molar-refractivity contribution in [2.75, 3.05) is 18.0 Å². The van der Waals surface area contributed by atoms with Gasteiger partial charge in [-0.2, -0.15) is 0 Å². The number of hydrogen-bond acceptors (Lipinski definition) is 5. The molecular formula is C37H32N4O4. The van der Waals surface area contributed by atoms with E-state index in [1.54, 1.807) is 0 Å². The van der Waals surface area contributed by atoms with Gasteiger partial charge in [-0.15, -0.1) is 0 Å². The van der Waals surface area contributed by atoms with Crippen LogP contribution in [-0.4, -0.2) is 26.8 Å². The number of hydrogen-bond donors (Lipinski definition) is 0. The molecule has 0 radical (unpaired) electrons. The minimum absolute atomic E-state index is 0.379. The van der Waals surface area contributed by atoms with Gasteiger partial charge in [0.25, 0.3) is 0 Å². The van der Waals surface area contributed by atoms with E-state index in [0.29, 0.717) is 22.3 Å². The Balaban J connectivity index is 1.29. The third-order valence-corrected chi connectivity index (χ3v) is 9.37. The molecule has 3 aromatic carbocycles. The van der Waals surface area contributed by atoms with Gasteiger partial charge in [0.2, 0.25) is 0 Å². The van der Waals surface area contributed by atoms with E-state index in [9.17, 15) is 9.59 Å². The number of anilines is 1. The number of benzene rings is 3. The lowest BCUT2D eigenvalue weighted by molar-refractivity contribution is 0.562. The van der Waals surface area contributed by atoms with Gasteiger partial charge < -0.3 is 27.4 Å². The van der Waals surface area contributed by atoms with Gasteiger partial charge in [0.1, 0.15) is 11.2 Å². The van der Waals surface area contributed by atoms with Crippen LogP contribution in [0.2, 0.25) is 0 Å². The molecule has 45 heavy (non-hydrogen) atoms. The highest BCUT2D eigenvalue weighted by atomic mass is 16.4. The van der Waals surface area contributed by atoms with E-state index in [4.69, 9.17) is 8.83 Å². The van der Waals surface area contributed by atoms with Crippen LogP contribution in [0.4, 0.5) is 5.69 Å². The molecule has 0 atom stereocenters. The molecule has 224 valence electrons. The van der Waals surface area contributed by atoms with Crippen LogP contribution < -0.4 is 16.2 Å². The van der Waals surface area contributed by atoms with Crippen molar-refractivity contribution in [1.29, 1.82) is 0 Å². The van der Waals surface area contributed by atoms with Gasteiger partial charge in [0, 0.05) is 56.8 Å². The molecule has 5 aromatic heterocycles. The summed E-state index contributed by atoms with van der Waals surface area (Å²) < 4.78 is 17.9. The third-order valence-electron chi connectivity index (χ3n) is 9.37. The Labute approximate surface area is 257 Å². The number of aromatic nitrogens is 3. The average Bonchev–Trinajstić information content (AvgIpc) is 3.64. The second kappa shape index (κ2) is 9.75. The second-order valence-electron chi connectivity index (χ2n) is 11.7. The van der Waals surface area contributed by atoms with Gasteiger partial charge in [-0.3, -0.25) is 0 Å². The minimum Gasteiger partial charge on any atom is -0.422 e. The van der Waals surface area contributed by atoms with Crippen molar-refractivity contribution in [2.24, 2.45) is 21.1 Å². The Morgan fingerprint density at radius 1 is 0.578 bits per heavy atom. The lowest BCUT2D eigenvalue weighted by Gasteiger charge is -2.21. The zero-order valence-corrected chi connectivity index (χ0v) is 25.8. The Morgan fingerprint density at radius 2 is 1.11 bits per heavy atom. The standard InChI is InChI=1S/C37H32N4O4/c1-6-41(7-2)25-13-12-23-15-26(36(42)45-33(23)18-25)28-19-30-34(39(28)4)35-31(38(30)3)20-29(40(35)5)27-16-24-14-21-10-8-9-11-22(21)17-32(24)44-37(27)43/h8-20H,6-7H2,1-5H3. The minimum atomic E-state index is -0.384. The highest BCUT2D eigenvalue weighted by Crippen LogP contribution is 2.38. The largest absolute Gasteiger partial charge is 0.422 e. The zero-order valence-electron chi connectivity index (χ0n) is 25.8. The summed E-state index contributed by atoms with van der Waals surface area (Å²) in [5, 5.41) is 3.85. The van der Waals surface area contributed by atoms with Gasteiger partial charge in [0.05, 0.1) is 44.6 Å². The van der Waals surface area contributed by atoms with Crippen molar-refractivity contribution in [2.45, 2.75) is 13.8 Å². The van der Waals surface area contributed by atoms with Crippen LogP contribution in [0.5, 0.6) is 0 Å². The molecule has 0 saturated heterocycles. The van der Waals surface area contributed by atoms with Crippen molar-refractivity contribution >= 4 is 60.5 Å². The number of fused-ring (bicyclic) bond motifs is 6. The van der Waals surface area contributed by atoms with E-state index in [2.05, 4.69) is 41.5 Å². The van der Waals surface area contributed by atoms with Crippen molar-refractivity contribution in [3.63, 3.8) is 0 Å². The number of aryl methyl sites for hydroxylation is 3. The molecule has 8 rings (SSSR count). The van der Waals surface area contributed by atoms with Crippen LogP contribution in [0.3, 0.4) is 0 Å². The molecule has 0 unspecified atom stereocenters. The summed E-state index contributed by atoms with van der Waals surface area (Å²) in [6.07, 6.45) is 0. The van der Waals surface area contributed by atoms with E-state index in [1.807, 2.05) is 90.9 Å². The molecule has 0 N–H and O–H groups in total. The molecule has 0 fully saturated rings. The SMILES string of the molecule is CCN(CC)c1ccc2cc(-c3cc4c(c5c(cc(-c6cc7cc8ccccc8cc7oc6=O)n5C)n4C)n3C)c(=O)oc2c1. The number of nitrogens with zero attached hydrogens (tertiary/aromatic N) is 4. The van der Waals surface area contributed by atoms with Crippen LogP contribution in [0, 0.1) is 0 Å². The molecule has 0 spiro atoms. The van der Waals surface area contributed by atoms with E-state index in [1.165, 1.54) is 0 Å². The van der Waals surface area contributed by atoms with Gasteiger partial charge in [0.15, 0.2) is 0 Å². The molecule has 0 aliphatic carbocycles. The first kappa shape index (κ1) is 27.1. The molecular weight excluding hydrogens is 564 g/mol. The second-order valence-corrected chi connectivity index (χ2v) is 11.7. The van der Waals surface area contributed by atoms with Crippen LogP contribution >= 0.6 is 0 Å². The Bertz CT molecular complexity index is 2610. The van der Waals surface area contributed by atoms with Crippen LogP contribution in [0.15, 0.2) is 97.3 Å². The first-order chi connectivity index (χ1) is 21.8. The first-order valence-electron chi connectivity index (χ1n) is 15.2. The average molecular weight is 597 g/mol. The maximum Gasteiger partial charge on any atom is 0.345 e. The fourth-order valence-electron chi connectivity index (χ4n) is 6.94. The Morgan fingerprint density at radius 3 is 1.69 bits per heavy atom. The Hall–Kier alpha value is -5.50. The van der Waals surface area contributed by atoms with Crippen LogP contribution in [-0.2, 0) is 21.1 Å². The lowest BCUT2D eigenvalue weighted by Crippen LogP contribution is -2.21. The molecule has 8 heteroatoms. The molecule has 5 heterocycles. The van der Waals surface area contributed by atoms with Crippen LogP contribution in [0.25, 0.3) is 77.3 Å². The third kappa shape index (κ3) is 3.91. The molecule has 0 bridgehead atoms. The van der Waals surface area contributed by atoms with Gasteiger partial charge in [-0.05, 0) is 73.2 Å². The van der Waals surface area contributed by atoms with E-state index < -0.39 is 0 Å². The maximum atomic E-state index is 13.4. The smallest absolute Gasteiger partial charge is 0.345 e. The van der Waals surface area contributed by atoms with Gasteiger partial charge in [-0.1, -0.05) is 24.3 Å². The quantitative estimate of drug-likeness (QED) is 0.151. The molecule has 8 nitrogen and oxygen atoms in total. The van der Waals surface area contributed by atoms with Crippen molar-refractivity contribution < 1.29 is 8.83 Å². The summed E-state index contributed by atoms with van der Waals surface area (Å²) in [7, 11) is 5.93. The van der Waals surface area contributed by atoms with E-state index in [-0.39, 0.29) is 11.3 Å². The molecule has 0 amide bonds. The van der Waals surface area contributed by atoms with Crippen LogP contribution in [0.1, 0.15) is 13.8 Å². The van der Waals surface area contributed by atoms with Gasteiger partial charge in [-0.25, -0.2) is 9.59 Å². The highest BCUT2D eigenvalue weighted by molar-refractivity contribution is 6.09. The molecule has 8 aromatic rings. The van der Waals surface area contributed by atoms with E-state index in [0.717, 1.165) is 73.8 Å². The summed E-state index contributed by atoms with van der Waals surface area (Å²) in [6.45, 7) is 5.97. The predicted molar refractivity (Wildman–Crippen MR) is 182 cm³/mol. The predicted octanol–water partition coefficient (Wildman–Crippen LogP) is 7.55. The first-order valence-corrected chi connectivity index (χ1v) is 15.2. The van der Waals surface area contributed by atoms with Crippen molar-refractivity contribution in [3.8, 4) is 22.5 Å². The van der Waals surface area contributed by atoms with Gasteiger partial charge >= 0.3 is 11.3 Å². The normalized spacial score (nSPS) is 12.0.